The third-order valence-corrected chi connectivity index (χ3v) is 3.70. The Bertz CT molecular complexity index is 734. The molecule has 1 fully saturated rings. The Morgan fingerprint density at radius 1 is 1.30 bits per heavy atom. The van der Waals surface area contributed by atoms with E-state index in [1.54, 1.807) is 42.6 Å². The summed E-state index contributed by atoms with van der Waals surface area (Å²) in [6.07, 6.45) is 1.55. The molecule has 3 rings (SSSR count). The smallest absolute Gasteiger partial charge is 0.277 e. The monoisotopic (exact) mass is 330 g/mol. The van der Waals surface area contributed by atoms with Gasteiger partial charge in [-0.05, 0) is 30.3 Å². The number of amides is 1. The van der Waals surface area contributed by atoms with E-state index in [0.717, 1.165) is 0 Å². The van der Waals surface area contributed by atoms with Crippen molar-refractivity contribution in [1.29, 1.82) is 0 Å². The van der Waals surface area contributed by atoms with E-state index in [9.17, 15) is 9.90 Å². The van der Waals surface area contributed by atoms with E-state index in [2.05, 4.69) is 4.99 Å². The van der Waals surface area contributed by atoms with Gasteiger partial charge in [0.05, 0.1) is 19.2 Å². The van der Waals surface area contributed by atoms with Crippen molar-refractivity contribution in [2.75, 3.05) is 13.2 Å². The molecule has 118 valence electrons. The quantitative estimate of drug-likeness (QED) is 0.880. The first kappa shape index (κ1) is 15.5. The van der Waals surface area contributed by atoms with Crippen LogP contribution in [0, 0.1) is 0 Å². The van der Waals surface area contributed by atoms with Crippen molar-refractivity contribution in [1.82, 2.24) is 5.06 Å². The Balaban J connectivity index is 1.65. The van der Waals surface area contributed by atoms with Gasteiger partial charge >= 0.3 is 0 Å². The first-order valence-corrected chi connectivity index (χ1v) is 7.53. The molecule has 0 bridgehead atoms. The largest absolute Gasteiger partial charge is 0.507 e. The summed E-state index contributed by atoms with van der Waals surface area (Å²) in [7, 11) is 0. The zero-order chi connectivity index (χ0) is 16.2. The number of phenolic OH excluding ortho intramolecular Hbond substituents is 1. The predicted octanol–water partition coefficient (Wildman–Crippen LogP) is 2.92. The number of aromatic hydroxyl groups is 1. The average Bonchev–Trinajstić information content (AvgIpc) is 3.05. The van der Waals surface area contributed by atoms with Crippen LogP contribution in [0.5, 0.6) is 5.75 Å². The molecule has 1 atom stereocenters. The molecule has 0 radical (unpaired) electrons. The Morgan fingerprint density at radius 3 is 2.87 bits per heavy atom. The van der Waals surface area contributed by atoms with Gasteiger partial charge in [-0.2, -0.15) is 0 Å². The highest BCUT2D eigenvalue weighted by molar-refractivity contribution is 6.30. The highest BCUT2D eigenvalue weighted by Crippen LogP contribution is 2.20. The van der Waals surface area contributed by atoms with Crippen LogP contribution in [-0.2, 0) is 4.84 Å². The van der Waals surface area contributed by atoms with Crippen molar-refractivity contribution in [3.05, 3.63) is 64.7 Å². The summed E-state index contributed by atoms with van der Waals surface area (Å²) in [5.74, 6) is -0.0804. The topological polar surface area (TPSA) is 62.1 Å². The summed E-state index contributed by atoms with van der Waals surface area (Å²) < 4.78 is 0. The van der Waals surface area contributed by atoms with Gasteiger partial charge in [-0.25, -0.2) is 5.06 Å². The zero-order valence-electron chi connectivity index (χ0n) is 12.2. The molecular formula is C17H15ClN2O3. The molecule has 23 heavy (non-hydrogen) atoms. The van der Waals surface area contributed by atoms with Gasteiger partial charge in [-0.1, -0.05) is 29.8 Å². The molecule has 1 aliphatic heterocycles. The number of hydrogen-bond donors (Lipinski definition) is 1. The van der Waals surface area contributed by atoms with Crippen LogP contribution < -0.4 is 0 Å². The van der Waals surface area contributed by atoms with Crippen LogP contribution in [0.4, 0.5) is 0 Å². The van der Waals surface area contributed by atoms with Crippen molar-refractivity contribution in [3.63, 3.8) is 0 Å². The number of aliphatic imine (C=N–C) groups is 1. The number of hydroxylamine groups is 2. The maximum atomic E-state index is 12.3. The number of carbonyl (C=O) groups excluding carboxylic acids is 1. The summed E-state index contributed by atoms with van der Waals surface area (Å²) >= 11 is 5.89. The average molecular weight is 331 g/mol. The summed E-state index contributed by atoms with van der Waals surface area (Å²) in [6, 6.07) is 13.5. The number of carbonyl (C=O) groups is 1. The van der Waals surface area contributed by atoms with Crippen LogP contribution in [0.3, 0.4) is 0 Å². The van der Waals surface area contributed by atoms with Crippen LogP contribution in [-0.4, -0.2) is 41.5 Å². The Morgan fingerprint density at radius 2 is 2.09 bits per heavy atom. The molecule has 1 saturated heterocycles. The van der Waals surface area contributed by atoms with E-state index in [0.29, 0.717) is 29.3 Å². The van der Waals surface area contributed by atoms with Crippen LogP contribution in [0.15, 0.2) is 53.5 Å². The standard InChI is InChI=1S/C17H15ClN2O3/c18-14-6-7-16(21)13(8-14)9-19-15-10-20(23-11-15)17(22)12-4-2-1-3-5-12/h1-9,15,21H,10-11H2. The fraction of sp³-hybridized carbons (Fsp3) is 0.176. The molecule has 2 aromatic carbocycles. The number of phenols is 1. The number of rotatable bonds is 3. The van der Waals surface area contributed by atoms with E-state index in [1.807, 2.05) is 6.07 Å². The molecule has 1 amide bonds. The fourth-order valence-corrected chi connectivity index (χ4v) is 2.42. The third kappa shape index (κ3) is 3.70. The maximum absolute atomic E-state index is 12.3. The number of halogens is 1. The van der Waals surface area contributed by atoms with Crippen LogP contribution in [0.25, 0.3) is 0 Å². The predicted molar refractivity (Wildman–Crippen MR) is 87.9 cm³/mol. The highest BCUT2D eigenvalue weighted by atomic mass is 35.5. The summed E-state index contributed by atoms with van der Waals surface area (Å²) in [5, 5.41) is 11.6. The van der Waals surface area contributed by atoms with Crippen molar-refractivity contribution in [3.8, 4) is 5.75 Å². The first-order valence-electron chi connectivity index (χ1n) is 7.15. The zero-order valence-corrected chi connectivity index (χ0v) is 13.0. The van der Waals surface area contributed by atoms with E-state index in [4.69, 9.17) is 16.4 Å². The molecule has 6 heteroatoms. The van der Waals surface area contributed by atoms with Gasteiger partial charge in [0.25, 0.3) is 5.91 Å². The summed E-state index contributed by atoms with van der Waals surface area (Å²) in [5.41, 5.74) is 1.11. The molecule has 2 aromatic rings. The van der Waals surface area contributed by atoms with Crippen LogP contribution in [0.1, 0.15) is 15.9 Å². The molecule has 1 N–H and O–H groups in total. The second-order valence-corrected chi connectivity index (χ2v) is 5.60. The van der Waals surface area contributed by atoms with Crippen molar-refractivity contribution in [2.45, 2.75) is 6.04 Å². The van der Waals surface area contributed by atoms with Crippen LogP contribution >= 0.6 is 11.6 Å². The van der Waals surface area contributed by atoms with Gasteiger partial charge in [0.2, 0.25) is 0 Å². The van der Waals surface area contributed by atoms with Crippen LogP contribution in [0.2, 0.25) is 5.02 Å². The van der Waals surface area contributed by atoms with Gasteiger partial charge in [0.15, 0.2) is 0 Å². The normalized spacial score (nSPS) is 17.8. The molecule has 5 nitrogen and oxygen atoms in total. The summed E-state index contributed by atoms with van der Waals surface area (Å²) in [6.45, 7) is 0.682. The maximum Gasteiger partial charge on any atom is 0.277 e. The van der Waals surface area contributed by atoms with Gasteiger partial charge < -0.3 is 5.11 Å². The molecule has 0 aromatic heterocycles. The van der Waals surface area contributed by atoms with E-state index in [1.165, 1.54) is 11.1 Å². The van der Waals surface area contributed by atoms with Gasteiger partial charge in [0, 0.05) is 22.4 Å². The lowest BCUT2D eigenvalue weighted by Gasteiger charge is -2.13. The Hall–Kier alpha value is -2.37. The molecule has 1 aliphatic rings. The highest BCUT2D eigenvalue weighted by Gasteiger charge is 2.27. The molecule has 0 saturated carbocycles. The second-order valence-electron chi connectivity index (χ2n) is 5.16. The first-order chi connectivity index (χ1) is 11.1. The Labute approximate surface area is 138 Å². The van der Waals surface area contributed by atoms with Crippen molar-refractivity contribution >= 4 is 23.7 Å². The minimum Gasteiger partial charge on any atom is -0.507 e. The van der Waals surface area contributed by atoms with E-state index >= 15 is 0 Å². The van der Waals surface area contributed by atoms with Gasteiger partial charge in [-0.3, -0.25) is 14.6 Å². The second kappa shape index (κ2) is 6.81. The SMILES string of the molecule is O=C(c1ccccc1)N1CC(N=Cc2cc(Cl)ccc2O)CO1. The van der Waals surface area contributed by atoms with Gasteiger partial charge in [0.1, 0.15) is 5.75 Å². The lowest BCUT2D eigenvalue weighted by Crippen LogP contribution is -2.28. The lowest BCUT2D eigenvalue weighted by molar-refractivity contribution is -0.0769. The summed E-state index contributed by atoms with van der Waals surface area (Å²) in [4.78, 5) is 22.0. The van der Waals surface area contributed by atoms with E-state index < -0.39 is 0 Å². The van der Waals surface area contributed by atoms with Crippen molar-refractivity contribution in [2.24, 2.45) is 4.99 Å². The van der Waals surface area contributed by atoms with E-state index in [-0.39, 0.29) is 17.7 Å². The van der Waals surface area contributed by atoms with Gasteiger partial charge in [-0.15, -0.1) is 0 Å². The minimum atomic E-state index is -0.186. The molecule has 1 unspecified atom stereocenters. The third-order valence-electron chi connectivity index (χ3n) is 3.46. The van der Waals surface area contributed by atoms with Crippen molar-refractivity contribution < 1.29 is 14.7 Å². The molecule has 0 aliphatic carbocycles. The lowest BCUT2D eigenvalue weighted by atomic mass is 10.2. The number of nitrogens with zero attached hydrogens (tertiary/aromatic N) is 2. The number of benzene rings is 2. The number of hydrogen-bond acceptors (Lipinski definition) is 4. The fourth-order valence-electron chi connectivity index (χ4n) is 2.24. The molecule has 0 spiro atoms. The minimum absolute atomic E-state index is 0.106. The molecule has 1 heterocycles. The Kier molecular flexibility index (Phi) is 4.60. The molecular weight excluding hydrogens is 316 g/mol.